The van der Waals surface area contributed by atoms with Gasteiger partial charge in [-0.05, 0) is 0 Å². The van der Waals surface area contributed by atoms with E-state index in [9.17, 15) is 0 Å². The van der Waals surface area contributed by atoms with Gasteiger partial charge in [0, 0.05) is 0 Å². The monoisotopic (exact) mass is 746 g/mol. The van der Waals surface area contributed by atoms with Gasteiger partial charge in [0.15, 0.2) is 0 Å². The Balaban J connectivity index is 1.51. The van der Waals surface area contributed by atoms with Gasteiger partial charge in [-0.15, -0.1) is 0 Å². The molecular formula is C37H31BiP2. The van der Waals surface area contributed by atoms with Gasteiger partial charge < -0.3 is 0 Å². The summed E-state index contributed by atoms with van der Waals surface area (Å²) in [6.07, 6.45) is 0. The molecule has 0 aliphatic heterocycles. The summed E-state index contributed by atoms with van der Waals surface area (Å²) in [5.74, 6) is 0. The molecule has 0 radical (unpaired) electrons. The molecule has 40 heavy (non-hydrogen) atoms. The minimum absolute atomic E-state index is 0.646. The summed E-state index contributed by atoms with van der Waals surface area (Å²) in [5, 5.41) is 8.70. The van der Waals surface area contributed by atoms with Crippen molar-refractivity contribution >= 4 is 76.0 Å². The van der Waals surface area contributed by atoms with E-state index in [1.165, 1.54) is 31.8 Å². The van der Waals surface area contributed by atoms with Gasteiger partial charge in [0.2, 0.25) is 0 Å². The standard InChI is InChI=1S/2C18H14P.CH3.Bi/c2*1-4-10-16(11-5-1)19(17-12-6-2-7-13-17)18-14-8-3-9-15-18;;/h2*1-14H;1H3;. The van der Waals surface area contributed by atoms with Crippen LogP contribution in [0.15, 0.2) is 170 Å². The van der Waals surface area contributed by atoms with Crippen LogP contribution in [0.3, 0.4) is 0 Å². The molecule has 0 saturated heterocycles. The summed E-state index contributed by atoms with van der Waals surface area (Å²) in [7, 11) is -1.29. The van der Waals surface area contributed by atoms with Gasteiger partial charge in [-0.25, -0.2) is 0 Å². The zero-order chi connectivity index (χ0) is 27.1. The molecule has 0 spiro atoms. The van der Waals surface area contributed by atoms with Crippen molar-refractivity contribution in [1.29, 1.82) is 0 Å². The van der Waals surface area contributed by atoms with E-state index in [1.54, 1.807) is 6.54 Å². The van der Waals surface area contributed by atoms with Crippen LogP contribution >= 0.6 is 15.8 Å². The number of hydrogen-bond acceptors (Lipinski definition) is 0. The predicted molar refractivity (Wildman–Crippen MR) is 181 cm³/mol. The van der Waals surface area contributed by atoms with E-state index in [0.29, 0.717) is 0 Å². The molecule has 3 heteroatoms. The van der Waals surface area contributed by atoms with Crippen molar-refractivity contribution in [2.24, 2.45) is 0 Å². The molecule has 0 fully saturated rings. The molecule has 194 valence electrons. The molecule has 0 bridgehead atoms. The predicted octanol–water partition coefficient (Wildman–Crippen LogP) is 5.44. The molecule has 0 atom stereocenters. The van der Waals surface area contributed by atoms with Crippen LogP contribution < -0.4 is 38.4 Å². The first-order valence-electron chi connectivity index (χ1n) is 13.5. The second-order valence-corrected chi connectivity index (χ2v) is 22.0. The third-order valence-electron chi connectivity index (χ3n) is 7.03. The number of benzene rings is 6. The van der Waals surface area contributed by atoms with E-state index in [1.807, 2.05) is 0 Å². The minimum atomic E-state index is -2.42. The van der Waals surface area contributed by atoms with Gasteiger partial charge in [-0.3, -0.25) is 0 Å². The Morgan fingerprint density at radius 1 is 0.325 bits per heavy atom. The molecule has 0 N–H and O–H groups in total. The van der Waals surface area contributed by atoms with Crippen molar-refractivity contribution in [3.05, 3.63) is 170 Å². The second-order valence-electron chi connectivity index (χ2n) is 9.55. The van der Waals surface area contributed by atoms with Crippen molar-refractivity contribution in [3.63, 3.8) is 0 Å². The van der Waals surface area contributed by atoms with Gasteiger partial charge >= 0.3 is 250 Å². The summed E-state index contributed by atoms with van der Waals surface area (Å²) in [4.78, 5) is 0. The van der Waals surface area contributed by atoms with E-state index in [-0.39, 0.29) is 0 Å². The van der Waals surface area contributed by atoms with Crippen LogP contribution in [-0.2, 0) is 0 Å². The number of rotatable bonds is 8. The Morgan fingerprint density at radius 2 is 0.575 bits per heavy atom. The second kappa shape index (κ2) is 13.2. The van der Waals surface area contributed by atoms with E-state index >= 15 is 0 Å². The third-order valence-corrected chi connectivity index (χ3v) is 22.1. The Kier molecular flexibility index (Phi) is 8.96. The quantitative estimate of drug-likeness (QED) is 0.144. The van der Waals surface area contributed by atoms with Crippen molar-refractivity contribution in [3.8, 4) is 0 Å². The first kappa shape index (κ1) is 27.2. The van der Waals surface area contributed by atoms with Gasteiger partial charge in [0.1, 0.15) is 0 Å². The van der Waals surface area contributed by atoms with Crippen molar-refractivity contribution < 1.29 is 0 Å². The van der Waals surface area contributed by atoms with Crippen LogP contribution in [0.5, 0.6) is 0 Å². The molecular weight excluding hydrogens is 715 g/mol. The van der Waals surface area contributed by atoms with E-state index in [2.05, 4.69) is 174 Å². The summed E-state index contributed by atoms with van der Waals surface area (Å²) < 4.78 is 5.82. The first-order valence-corrected chi connectivity index (χ1v) is 23.2. The Labute approximate surface area is 249 Å². The molecule has 0 saturated carbocycles. The van der Waals surface area contributed by atoms with Crippen LogP contribution in [0, 0.1) is 0 Å². The van der Waals surface area contributed by atoms with E-state index in [0.717, 1.165) is 0 Å². The third kappa shape index (κ3) is 5.90. The van der Waals surface area contributed by atoms with Gasteiger partial charge in [0.25, 0.3) is 0 Å². The van der Waals surface area contributed by atoms with E-state index < -0.39 is 37.6 Å². The van der Waals surface area contributed by atoms with Crippen LogP contribution in [0.25, 0.3) is 0 Å². The maximum atomic E-state index is 2.60. The summed E-state index contributed by atoms with van der Waals surface area (Å²) in [6, 6.07) is 63.2. The average Bonchev–Trinajstić information content (AvgIpc) is 3.04. The molecule has 0 nitrogen and oxygen atoms in total. The van der Waals surface area contributed by atoms with E-state index in [4.69, 9.17) is 0 Å². The molecule has 0 amide bonds. The van der Waals surface area contributed by atoms with Crippen LogP contribution in [-0.4, -0.2) is 21.8 Å². The van der Waals surface area contributed by atoms with Crippen molar-refractivity contribution in [2.75, 3.05) is 0 Å². The normalized spacial score (nSPS) is 11.3. The zero-order valence-corrected chi connectivity index (χ0v) is 27.8. The van der Waals surface area contributed by atoms with Gasteiger partial charge in [-0.1, -0.05) is 0 Å². The average molecular weight is 747 g/mol. The molecule has 6 aromatic carbocycles. The topological polar surface area (TPSA) is 0 Å². The van der Waals surface area contributed by atoms with Crippen LogP contribution in [0.4, 0.5) is 0 Å². The SMILES string of the molecule is [CH3][Bi]([c]1ccccc1P(c1ccccc1)c1ccccc1)[c]1ccccc1P(c1ccccc1)c1ccccc1. The molecule has 0 heterocycles. The maximum absolute atomic E-state index is 2.60. The molecule has 0 aliphatic rings. The molecule has 0 aliphatic carbocycles. The Hall–Kier alpha value is -2.94. The summed E-state index contributed by atoms with van der Waals surface area (Å²) >= 11 is -2.42. The fourth-order valence-corrected chi connectivity index (χ4v) is 21.5. The Morgan fingerprint density at radius 3 is 0.875 bits per heavy atom. The molecule has 6 rings (SSSR count). The molecule has 0 unspecified atom stereocenters. The van der Waals surface area contributed by atoms with Crippen molar-refractivity contribution in [2.45, 2.75) is 4.63 Å². The Bertz CT molecular complexity index is 1450. The summed E-state index contributed by atoms with van der Waals surface area (Å²) in [6.45, 7) is 0. The first-order chi connectivity index (χ1) is 19.8. The molecule has 0 aromatic heterocycles. The van der Waals surface area contributed by atoms with Crippen LogP contribution in [0.2, 0.25) is 4.63 Å². The number of hydrogen-bond donors (Lipinski definition) is 0. The molecule has 6 aromatic rings. The fourth-order valence-electron chi connectivity index (χ4n) is 5.17. The van der Waals surface area contributed by atoms with Crippen molar-refractivity contribution in [1.82, 2.24) is 0 Å². The van der Waals surface area contributed by atoms with Gasteiger partial charge in [-0.2, -0.15) is 0 Å². The zero-order valence-electron chi connectivity index (χ0n) is 22.5. The summed E-state index contributed by atoms with van der Waals surface area (Å²) in [5.41, 5.74) is 0. The van der Waals surface area contributed by atoms with Crippen LogP contribution in [0.1, 0.15) is 0 Å². The van der Waals surface area contributed by atoms with Gasteiger partial charge in [0.05, 0.1) is 0 Å². The fraction of sp³-hybridized carbons (Fsp3) is 0.0270.